The van der Waals surface area contributed by atoms with Crippen molar-refractivity contribution < 1.29 is 13.2 Å². The molecule has 1 unspecified atom stereocenters. The Morgan fingerprint density at radius 1 is 0.929 bits per heavy atom. The van der Waals surface area contributed by atoms with E-state index >= 15 is 0 Å². The molecular weight excluding hydrogens is 189 g/mol. The molecule has 0 aromatic heterocycles. The van der Waals surface area contributed by atoms with Gasteiger partial charge < -0.3 is 0 Å². The fourth-order valence-electron chi connectivity index (χ4n) is 1.39. The van der Waals surface area contributed by atoms with Crippen LogP contribution in [0.25, 0.3) is 0 Å². The first kappa shape index (κ1) is 13.8. The Morgan fingerprint density at radius 2 is 1.43 bits per heavy atom. The van der Waals surface area contributed by atoms with E-state index in [4.69, 9.17) is 0 Å². The molecule has 1 atom stereocenters. The van der Waals surface area contributed by atoms with Crippen molar-refractivity contribution in [2.75, 3.05) is 0 Å². The van der Waals surface area contributed by atoms with Crippen molar-refractivity contribution in [3.05, 3.63) is 0 Å². The lowest BCUT2D eigenvalue weighted by Gasteiger charge is -2.14. The van der Waals surface area contributed by atoms with E-state index in [1.807, 2.05) is 0 Å². The molecule has 0 aromatic carbocycles. The van der Waals surface area contributed by atoms with E-state index in [0.717, 1.165) is 19.3 Å². The molecule has 14 heavy (non-hydrogen) atoms. The average molecular weight is 210 g/mol. The zero-order valence-electron chi connectivity index (χ0n) is 9.16. The topological polar surface area (TPSA) is 0 Å². The van der Waals surface area contributed by atoms with Gasteiger partial charge in [0.05, 0.1) is 5.92 Å². The van der Waals surface area contributed by atoms with Crippen LogP contribution in [0, 0.1) is 5.92 Å². The van der Waals surface area contributed by atoms with E-state index in [0.29, 0.717) is 6.42 Å². The number of hydrogen-bond donors (Lipinski definition) is 0. The molecule has 0 saturated carbocycles. The lowest BCUT2D eigenvalue weighted by Crippen LogP contribution is -2.19. The Balaban J connectivity index is 3.28. The van der Waals surface area contributed by atoms with Gasteiger partial charge >= 0.3 is 6.18 Å². The molecule has 0 bridgehead atoms. The minimum Gasteiger partial charge on any atom is -0.171 e. The van der Waals surface area contributed by atoms with Crippen LogP contribution in [0.4, 0.5) is 13.2 Å². The second-order valence-electron chi connectivity index (χ2n) is 4.00. The van der Waals surface area contributed by atoms with Gasteiger partial charge in [-0.15, -0.1) is 0 Å². The van der Waals surface area contributed by atoms with Crippen LogP contribution in [0.1, 0.15) is 58.8 Å². The molecule has 0 amide bonds. The summed E-state index contributed by atoms with van der Waals surface area (Å²) in [6.45, 7) is 3.40. The van der Waals surface area contributed by atoms with Crippen molar-refractivity contribution in [1.29, 1.82) is 0 Å². The first-order chi connectivity index (χ1) is 6.48. The van der Waals surface area contributed by atoms with E-state index in [9.17, 15) is 13.2 Å². The van der Waals surface area contributed by atoms with Gasteiger partial charge in [-0.05, 0) is 6.42 Å². The molecule has 0 spiro atoms. The van der Waals surface area contributed by atoms with Crippen LogP contribution in [0.2, 0.25) is 0 Å². The molecule has 0 saturated heterocycles. The summed E-state index contributed by atoms with van der Waals surface area (Å²) >= 11 is 0. The van der Waals surface area contributed by atoms with Crippen molar-refractivity contribution in [2.24, 2.45) is 5.92 Å². The lowest BCUT2D eigenvalue weighted by atomic mass is 10.0. The largest absolute Gasteiger partial charge is 0.391 e. The molecule has 0 aliphatic rings. The summed E-state index contributed by atoms with van der Waals surface area (Å²) in [5, 5.41) is 0. The van der Waals surface area contributed by atoms with Crippen molar-refractivity contribution in [3.8, 4) is 0 Å². The second kappa shape index (κ2) is 7.13. The summed E-state index contributed by atoms with van der Waals surface area (Å²) < 4.78 is 36.2. The van der Waals surface area contributed by atoms with Gasteiger partial charge in [0, 0.05) is 0 Å². The summed E-state index contributed by atoms with van der Waals surface area (Å²) in [4.78, 5) is 0. The Hall–Kier alpha value is -0.210. The maximum atomic E-state index is 12.1. The van der Waals surface area contributed by atoms with Gasteiger partial charge in [0.15, 0.2) is 0 Å². The third-order valence-electron chi connectivity index (χ3n) is 2.55. The molecule has 3 heteroatoms. The van der Waals surface area contributed by atoms with Crippen LogP contribution in [0.3, 0.4) is 0 Å². The molecule has 0 heterocycles. The van der Waals surface area contributed by atoms with E-state index in [-0.39, 0.29) is 6.42 Å². The Kier molecular flexibility index (Phi) is 7.02. The van der Waals surface area contributed by atoms with Crippen LogP contribution >= 0.6 is 0 Å². The number of unbranched alkanes of at least 4 members (excludes halogenated alkanes) is 5. The summed E-state index contributed by atoms with van der Waals surface area (Å²) in [7, 11) is 0. The number of halogens is 3. The molecule has 0 radical (unpaired) electrons. The minimum atomic E-state index is -4.00. The highest BCUT2D eigenvalue weighted by Gasteiger charge is 2.34. The van der Waals surface area contributed by atoms with Crippen molar-refractivity contribution >= 4 is 0 Å². The highest BCUT2D eigenvalue weighted by atomic mass is 19.4. The molecular formula is C11H21F3. The third kappa shape index (κ3) is 7.22. The van der Waals surface area contributed by atoms with Gasteiger partial charge in [0.25, 0.3) is 0 Å². The quantitative estimate of drug-likeness (QED) is 0.522. The highest BCUT2D eigenvalue weighted by Crippen LogP contribution is 2.29. The number of alkyl halides is 3. The van der Waals surface area contributed by atoms with E-state index in [2.05, 4.69) is 6.92 Å². The first-order valence-electron chi connectivity index (χ1n) is 5.55. The third-order valence-corrected chi connectivity index (χ3v) is 2.55. The monoisotopic (exact) mass is 210 g/mol. The van der Waals surface area contributed by atoms with Gasteiger partial charge in [-0.3, -0.25) is 0 Å². The van der Waals surface area contributed by atoms with Crippen LogP contribution in [-0.2, 0) is 0 Å². The summed E-state index contributed by atoms with van der Waals surface area (Å²) in [5.74, 6) is -1.13. The zero-order valence-corrected chi connectivity index (χ0v) is 9.16. The van der Waals surface area contributed by atoms with Crippen molar-refractivity contribution in [3.63, 3.8) is 0 Å². The van der Waals surface area contributed by atoms with Gasteiger partial charge in [-0.1, -0.05) is 52.4 Å². The fourth-order valence-corrected chi connectivity index (χ4v) is 1.39. The van der Waals surface area contributed by atoms with E-state index < -0.39 is 12.1 Å². The first-order valence-corrected chi connectivity index (χ1v) is 5.55. The summed E-state index contributed by atoms with van der Waals surface area (Å²) in [6, 6.07) is 0. The molecule has 0 aliphatic carbocycles. The lowest BCUT2D eigenvalue weighted by molar-refractivity contribution is -0.171. The number of hydrogen-bond acceptors (Lipinski definition) is 0. The molecule has 86 valence electrons. The average Bonchev–Trinajstić information content (AvgIpc) is 2.09. The van der Waals surface area contributed by atoms with E-state index in [1.165, 1.54) is 19.8 Å². The van der Waals surface area contributed by atoms with Crippen LogP contribution < -0.4 is 0 Å². The molecule has 0 N–H and O–H groups in total. The predicted octanol–water partition coefficient (Wildman–Crippen LogP) is 4.94. The van der Waals surface area contributed by atoms with Crippen LogP contribution in [0.15, 0.2) is 0 Å². The van der Waals surface area contributed by atoms with Gasteiger partial charge in [-0.25, -0.2) is 0 Å². The van der Waals surface area contributed by atoms with E-state index in [1.54, 1.807) is 0 Å². The maximum absolute atomic E-state index is 12.1. The minimum absolute atomic E-state index is 0.287. The highest BCUT2D eigenvalue weighted by molar-refractivity contribution is 4.61. The SMILES string of the molecule is CCCCCCCCC(C)C(F)(F)F. The molecule has 0 nitrogen and oxygen atoms in total. The molecule has 0 aromatic rings. The summed E-state index contributed by atoms with van der Waals surface area (Å²) in [5.41, 5.74) is 0. The molecule has 0 aliphatic heterocycles. The van der Waals surface area contributed by atoms with Gasteiger partial charge in [0.1, 0.15) is 0 Å². The van der Waals surface area contributed by atoms with Gasteiger partial charge in [0.2, 0.25) is 0 Å². The Morgan fingerprint density at radius 3 is 1.93 bits per heavy atom. The predicted molar refractivity (Wildman–Crippen MR) is 53.2 cm³/mol. The van der Waals surface area contributed by atoms with Crippen molar-refractivity contribution in [1.82, 2.24) is 0 Å². The fraction of sp³-hybridized carbons (Fsp3) is 1.00. The number of rotatable bonds is 7. The van der Waals surface area contributed by atoms with Gasteiger partial charge in [-0.2, -0.15) is 13.2 Å². The smallest absolute Gasteiger partial charge is 0.171 e. The van der Waals surface area contributed by atoms with Crippen LogP contribution in [-0.4, -0.2) is 6.18 Å². The Bertz CT molecular complexity index is 129. The molecule has 0 rings (SSSR count). The van der Waals surface area contributed by atoms with Crippen molar-refractivity contribution in [2.45, 2.75) is 65.0 Å². The molecule has 0 fully saturated rings. The standard InChI is InChI=1S/C11H21F3/c1-3-4-5-6-7-8-9-10(2)11(12,13)14/h10H,3-9H2,1-2H3. The Labute approximate surface area is 84.9 Å². The second-order valence-corrected chi connectivity index (χ2v) is 4.00. The zero-order chi connectivity index (χ0) is 11.0. The normalized spacial score (nSPS) is 14.4. The maximum Gasteiger partial charge on any atom is 0.391 e. The summed E-state index contributed by atoms with van der Waals surface area (Å²) in [6.07, 6.45) is 2.58. The van der Waals surface area contributed by atoms with Crippen LogP contribution in [0.5, 0.6) is 0 Å².